The molecule has 0 unspecified atom stereocenters. The number of nitrogen functional groups attached to an aromatic ring is 1. The van der Waals surface area contributed by atoms with E-state index in [1.165, 1.54) is 25.7 Å². The van der Waals surface area contributed by atoms with Gasteiger partial charge in [0.2, 0.25) is 0 Å². The maximum absolute atomic E-state index is 11.5. The van der Waals surface area contributed by atoms with Crippen LogP contribution in [0.4, 0.5) is 11.4 Å². The van der Waals surface area contributed by atoms with Crippen molar-refractivity contribution in [3.63, 3.8) is 0 Å². The summed E-state index contributed by atoms with van der Waals surface area (Å²) in [6.07, 6.45) is 4.91. The molecule has 0 saturated carbocycles. The molecule has 104 valence electrons. The summed E-state index contributed by atoms with van der Waals surface area (Å²) < 4.78 is 0. The summed E-state index contributed by atoms with van der Waals surface area (Å²) in [5.41, 5.74) is 13.4. The van der Waals surface area contributed by atoms with E-state index in [1.807, 2.05) is 6.07 Å². The molecule has 0 aromatic heterocycles. The Morgan fingerprint density at radius 2 is 2.05 bits per heavy atom. The van der Waals surface area contributed by atoms with Gasteiger partial charge in [-0.3, -0.25) is 4.79 Å². The second-order valence-electron chi connectivity index (χ2n) is 5.36. The molecule has 1 amide bonds. The molecule has 2 rings (SSSR count). The van der Waals surface area contributed by atoms with Crippen LogP contribution in [0.3, 0.4) is 0 Å². The number of piperidine rings is 1. The zero-order valence-corrected chi connectivity index (χ0v) is 11.6. The smallest absolute Gasteiger partial charge is 0.250 e. The third-order valence-electron chi connectivity index (χ3n) is 3.94. The van der Waals surface area contributed by atoms with Crippen LogP contribution in [0.2, 0.25) is 0 Å². The first-order valence-corrected chi connectivity index (χ1v) is 7.06. The van der Waals surface area contributed by atoms with Crippen LogP contribution in [0.1, 0.15) is 43.0 Å². The van der Waals surface area contributed by atoms with E-state index in [0.717, 1.165) is 24.7 Å². The van der Waals surface area contributed by atoms with E-state index in [1.54, 1.807) is 12.1 Å². The minimum absolute atomic E-state index is 0.384. The number of rotatable bonds is 4. The minimum Gasteiger partial charge on any atom is -0.399 e. The van der Waals surface area contributed by atoms with Crippen LogP contribution in [0.15, 0.2) is 18.2 Å². The Morgan fingerprint density at radius 1 is 1.37 bits per heavy atom. The van der Waals surface area contributed by atoms with E-state index in [0.29, 0.717) is 11.3 Å². The maximum atomic E-state index is 11.5. The molecule has 0 spiro atoms. The number of nitrogens with zero attached hydrogens (tertiary/aromatic N) is 1. The molecule has 19 heavy (non-hydrogen) atoms. The summed E-state index contributed by atoms with van der Waals surface area (Å²) >= 11 is 0. The molecular formula is C15H23N3O. The highest BCUT2D eigenvalue weighted by molar-refractivity contribution is 5.99. The van der Waals surface area contributed by atoms with Crippen molar-refractivity contribution >= 4 is 17.3 Å². The monoisotopic (exact) mass is 261 g/mol. The Morgan fingerprint density at radius 3 is 2.63 bits per heavy atom. The lowest BCUT2D eigenvalue weighted by molar-refractivity contribution is 0.100. The van der Waals surface area contributed by atoms with Gasteiger partial charge in [0.05, 0.1) is 11.3 Å². The highest BCUT2D eigenvalue weighted by Crippen LogP contribution is 2.29. The summed E-state index contributed by atoms with van der Waals surface area (Å²) in [4.78, 5) is 13.7. The van der Waals surface area contributed by atoms with Gasteiger partial charge in [-0.15, -0.1) is 0 Å². The quantitative estimate of drug-likeness (QED) is 0.817. The van der Waals surface area contributed by atoms with Gasteiger partial charge in [0.15, 0.2) is 0 Å². The van der Waals surface area contributed by atoms with Gasteiger partial charge in [-0.2, -0.15) is 0 Å². The predicted molar refractivity (Wildman–Crippen MR) is 79.2 cm³/mol. The molecule has 1 aromatic rings. The van der Waals surface area contributed by atoms with Gasteiger partial charge in [-0.1, -0.05) is 19.8 Å². The zero-order chi connectivity index (χ0) is 13.8. The molecule has 1 aromatic carbocycles. The highest BCUT2D eigenvalue weighted by atomic mass is 16.1. The first-order valence-electron chi connectivity index (χ1n) is 7.06. The van der Waals surface area contributed by atoms with E-state index in [-0.39, 0.29) is 5.91 Å². The van der Waals surface area contributed by atoms with E-state index in [9.17, 15) is 4.79 Å². The summed E-state index contributed by atoms with van der Waals surface area (Å²) in [6, 6.07) is 5.32. The highest BCUT2D eigenvalue weighted by Gasteiger charge is 2.21. The summed E-state index contributed by atoms with van der Waals surface area (Å²) in [6.45, 7) is 4.19. The number of amides is 1. The predicted octanol–water partition coefficient (Wildman–Crippen LogP) is 2.38. The second-order valence-corrected chi connectivity index (χ2v) is 5.36. The average molecular weight is 261 g/mol. The molecule has 4 N–H and O–H groups in total. The first-order chi connectivity index (χ1) is 9.11. The standard InChI is InChI=1S/C15H23N3O/c1-2-3-11-6-8-18(9-7-11)14-10-12(16)4-5-13(14)15(17)19/h4-5,10-11H,2-3,6-9,16H2,1H3,(H2,17,19). The van der Waals surface area contributed by atoms with E-state index in [2.05, 4.69) is 11.8 Å². The molecule has 0 bridgehead atoms. The fraction of sp³-hybridized carbons (Fsp3) is 0.533. The van der Waals surface area contributed by atoms with Gasteiger partial charge in [0.1, 0.15) is 0 Å². The molecule has 4 heteroatoms. The zero-order valence-electron chi connectivity index (χ0n) is 11.6. The molecule has 1 aliphatic heterocycles. The number of anilines is 2. The van der Waals surface area contributed by atoms with Gasteiger partial charge in [0.25, 0.3) is 5.91 Å². The number of hydrogen-bond acceptors (Lipinski definition) is 3. The maximum Gasteiger partial charge on any atom is 0.250 e. The van der Waals surface area contributed by atoms with Crippen LogP contribution in [0, 0.1) is 5.92 Å². The van der Waals surface area contributed by atoms with Crippen molar-refractivity contribution in [2.24, 2.45) is 11.7 Å². The van der Waals surface area contributed by atoms with Crippen molar-refractivity contribution in [2.75, 3.05) is 23.7 Å². The largest absolute Gasteiger partial charge is 0.399 e. The van der Waals surface area contributed by atoms with Gasteiger partial charge in [0, 0.05) is 18.8 Å². The van der Waals surface area contributed by atoms with Crippen molar-refractivity contribution in [1.82, 2.24) is 0 Å². The van der Waals surface area contributed by atoms with Crippen LogP contribution in [0.5, 0.6) is 0 Å². The average Bonchev–Trinajstić information content (AvgIpc) is 2.39. The van der Waals surface area contributed by atoms with Crippen molar-refractivity contribution in [2.45, 2.75) is 32.6 Å². The Kier molecular flexibility index (Phi) is 4.30. The van der Waals surface area contributed by atoms with Gasteiger partial charge < -0.3 is 16.4 Å². The van der Waals surface area contributed by atoms with Crippen molar-refractivity contribution in [3.05, 3.63) is 23.8 Å². The Labute approximate surface area is 114 Å². The van der Waals surface area contributed by atoms with Crippen LogP contribution in [0.25, 0.3) is 0 Å². The molecule has 1 heterocycles. The molecule has 1 saturated heterocycles. The number of carbonyl (C=O) groups is 1. The fourth-order valence-electron chi connectivity index (χ4n) is 2.89. The van der Waals surface area contributed by atoms with E-state index >= 15 is 0 Å². The first kappa shape index (κ1) is 13.7. The molecule has 0 aliphatic carbocycles. The summed E-state index contributed by atoms with van der Waals surface area (Å²) in [5, 5.41) is 0. The Balaban J connectivity index is 2.14. The lowest BCUT2D eigenvalue weighted by atomic mass is 9.92. The number of primary amides is 1. The molecule has 4 nitrogen and oxygen atoms in total. The van der Waals surface area contributed by atoms with Gasteiger partial charge in [-0.05, 0) is 37.0 Å². The topological polar surface area (TPSA) is 72.3 Å². The summed E-state index contributed by atoms with van der Waals surface area (Å²) in [7, 11) is 0. The lowest BCUT2D eigenvalue weighted by Crippen LogP contribution is -2.35. The number of benzene rings is 1. The molecule has 0 atom stereocenters. The van der Waals surface area contributed by atoms with Crippen LogP contribution in [-0.2, 0) is 0 Å². The molecule has 0 radical (unpaired) electrons. The second kappa shape index (κ2) is 5.95. The summed E-state index contributed by atoms with van der Waals surface area (Å²) in [5.74, 6) is 0.435. The SMILES string of the molecule is CCCC1CCN(c2cc(N)ccc2C(N)=O)CC1. The van der Waals surface area contributed by atoms with Crippen molar-refractivity contribution in [1.29, 1.82) is 0 Å². The number of nitrogens with two attached hydrogens (primary N) is 2. The third-order valence-corrected chi connectivity index (χ3v) is 3.94. The molecular weight excluding hydrogens is 238 g/mol. The third kappa shape index (κ3) is 3.19. The number of hydrogen-bond donors (Lipinski definition) is 2. The van der Waals surface area contributed by atoms with Crippen molar-refractivity contribution < 1.29 is 4.79 Å². The van der Waals surface area contributed by atoms with Crippen LogP contribution >= 0.6 is 0 Å². The van der Waals surface area contributed by atoms with Crippen molar-refractivity contribution in [3.8, 4) is 0 Å². The van der Waals surface area contributed by atoms with Gasteiger partial charge >= 0.3 is 0 Å². The fourth-order valence-corrected chi connectivity index (χ4v) is 2.89. The van der Waals surface area contributed by atoms with E-state index < -0.39 is 0 Å². The molecule has 1 fully saturated rings. The Bertz CT molecular complexity index is 451. The lowest BCUT2D eigenvalue weighted by Gasteiger charge is -2.34. The number of carbonyl (C=O) groups excluding carboxylic acids is 1. The molecule has 1 aliphatic rings. The Hall–Kier alpha value is -1.71. The van der Waals surface area contributed by atoms with Crippen LogP contribution in [-0.4, -0.2) is 19.0 Å². The normalized spacial score (nSPS) is 16.6. The van der Waals surface area contributed by atoms with E-state index in [4.69, 9.17) is 11.5 Å². The van der Waals surface area contributed by atoms with Crippen LogP contribution < -0.4 is 16.4 Å². The van der Waals surface area contributed by atoms with Gasteiger partial charge in [-0.25, -0.2) is 0 Å². The minimum atomic E-state index is -0.384.